The number of anilines is 1. The molecule has 1 aliphatic rings. The minimum atomic E-state index is 0.000249. The second-order valence-electron chi connectivity index (χ2n) is 7.79. The molecule has 0 saturated carbocycles. The largest absolute Gasteiger partial charge is 0.353 e. The van der Waals surface area contributed by atoms with Crippen molar-refractivity contribution in [3.8, 4) is 16.9 Å². The van der Waals surface area contributed by atoms with Gasteiger partial charge in [-0.3, -0.25) is 9.78 Å². The Kier molecular flexibility index (Phi) is 5.93. The van der Waals surface area contributed by atoms with Crippen molar-refractivity contribution < 1.29 is 4.79 Å². The van der Waals surface area contributed by atoms with Gasteiger partial charge in [-0.2, -0.15) is 5.10 Å². The van der Waals surface area contributed by atoms with Crippen LogP contribution >= 0.6 is 0 Å². The number of carbonyl (C=O) groups is 1. The second kappa shape index (κ2) is 9.48. The molecule has 0 bridgehead atoms. The van der Waals surface area contributed by atoms with Gasteiger partial charge in [0.25, 0.3) is 0 Å². The van der Waals surface area contributed by atoms with Crippen LogP contribution in [0.3, 0.4) is 0 Å². The van der Waals surface area contributed by atoms with Gasteiger partial charge in [-0.05, 0) is 42.5 Å². The predicted octanol–water partition coefficient (Wildman–Crippen LogP) is 3.69. The van der Waals surface area contributed by atoms with Crippen LogP contribution in [0.5, 0.6) is 0 Å². The van der Waals surface area contributed by atoms with Gasteiger partial charge in [0, 0.05) is 68.2 Å². The number of benzene rings is 1. The van der Waals surface area contributed by atoms with Crippen LogP contribution in [-0.4, -0.2) is 56.7 Å². The van der Waals surface area contributed by atoms with Crippen LogP contribution in [0.15, 0.2) is 91.5 Å². The third kappa shape index (κ3) is 4.67. The molecular formula is C26H24N6O. The maximum Gasteiger partial charge on any atom is 0.246 e. The number of para-hydroxylation sites is 1. The highest BCUT2D eigenvalue weighted by Gasteiger charge is 2.20. The number of carbonyl (C=O) groups excluding carboxylic acids is 1. The average Bonchev–Trinajstić information content (AvgIpc) is 3.33. The van der Waals surface area contributed by atoms with E-state index in [1.165, 1.54) is 0 Å². The zero-order valence-electron chi connectivity index (χ0n) is 18.2. The fourth-order valence-electron chi connectivity index (χ4n) is 3.91. The lowest BCUT2D eigenvalue weighted by molar-refractivity contribution is -0.126. The van der Waals surface area contributed by atoms with Crippen LogP contribution in [0.2, 0.25) is 0 Å². The Morgan fingerprint density at radius 2 is 1.70 bits per heavy atom. The zero-order chi connectivity index (χ0) is 22.5. The van der Waals surface area contributed by atoms with E-state index < -0.39 is 0 Å². The van der Waals surface area contributed by atoms with Crippen LogP contribution in [0.1, 0.15) is 5.56 Å². The minimum absolute atomic E-state index is 0.000249. The normalized spacial score (nSPS) is 14.1. The van der Waals surface area contributed by atoms with Crippen molar-refractivity contribution in [3.05, 3.63) is 97.1 Å². The van der Waals surface area contributed by atoms with Gasteiger partial charge < -0.3 is 9.80 Å². The van der Waals surface area contributed by atoms with Crippen molar-refractivity contribution in [2.45, 2.75) is 0 Å². The Labute approximate surface area is 192 Å². The molecule has 3 aromatic heterocycles. The maximum atomic E-state index is 12.9. The molecule has 0 radical (unpaired) electrons. The first-order valence-corrected chi connectivity index (χ1v) is 11.0. The molecule has 0 atom stereocenters. The van der Waals surface area contributed by atoms with Crippen LogP contribution in [-0.2, 0) is 4.79 Å². The molecular weight excluding hydrogens is 412 g/mol. The summed E-state index contributed by atoms with van der Waals surface area (Å²) in [6, 6.07) is 19.7. The molecule has 1 fully saturated rings. The molecule has 1 amide bonds. The standard InChI is InChI=1S/C26H24N6O/c33-25(31-17-15-30(16-18-31)24-10-4-5-14-28-24)12-11-22-20-32(23-8-2-1-3-9-23)29-26(22)21-7-6-13-27-19-21/h1-14,19-20H,15-18H2. The van der Waals surface area contributed by atoms with E-state index in [0.717, 1.165) is 41.4 Å². The molecule has 5 rings (SSSR count). The molecule has 164 valence electrons. The van der Waals surface area contributed by atoms with E-state index >= 15 is 0 Å². The second-order valence-corrected chi connectivity index (χ2v) is 7.79. The molecule has 0 unspecified atom stereocenters. The summed E-state index contributed by atoms with van der Waals surface area (Å²) < 4.78 is 1.83. The summed E-state index contributed by atoms with van der Waals surface area (Å²) in [5.41, 5.74) is 3.52. The van der Waals surface area contributed by atoms with E-state index in [1.807, 2.05) is 82.5 Å². The molecule has 1 saturated heterocycles. The fourth-order valence-corrected chi connectivity index (χ4v) is 3.91. The Hall–Kier alpha value is -4.26. The maximum absolute atomic E-state index is 12.9. The number of pyridine rings is 2. The predicted molar refractivity (Wildman–Crippen MR) is 129 cm³/mol. The average molecular weight is 437 g/mol. The first-order valence-electron chi connectivity index (χ1n) is 11.0. The van der Waals surface area contributed by atoms with Gasteiger partial charge in [0.1, 0.15) is 11.5 Å². The van der Waals surface area contributed by atoms with Crippen LogP contribution in [0.4, 0.5) is 5.82 Å². The summed E-state index contributed by atoms with van der Waals surface area (Å²) in [6.07, 6.45) is 10.8. The third-order valence-electron chi connectivity index (χ3n) is 5.67. The SMILES string of the molecule is O=C(C=Cc1cn(-c2ccccc2)nc1-c1cccnc1)N1CCN(c2ccccn2)CC1. The quantitative estimate of drug-likeness (QED) is 0.447. The lowest BCUT2D eigenvalue weighted by Crippen LogP contribution is -2.48. The van der Waals surface area contributed by atoms with Gasteiger partial charge >= 0.3 is 0 Å². The van der Waals surface area contributed by atoms with Crippen molar-refractivity contribution >= 4 is 17.8 Å². The van der Waals surface area contributed by atoms with E-state index in [-0.39, 0.29) is 5.91 Å². The van der Waals surface area contributed by atoms with Crippen molar-refractivity contribution in [1.29, 1.82) is 0 Å². The van der Waals surface area contributed by atoms with E-state index in [1.54, 1.807) is 24.7 Å². The Bertz CT molecular complexity index is 1230. The first-order chi connectivity index (χ1) is 16.3. The summed E-state index contributed by atoms with van der Waals surface area (Å²) >= 11 is 0. The number of hydrogen-bond donors (Lipinski definition) is 0. The topological polar surface area (TPSA) is 67.2 Å². The number of aromatic nitrogens is 4. The number of nitrogens with zero attached hydrogens (tertiary/aromatic N) is 6. The summed E-state index contributed by atoms with van der Waals surface area (Å²) in [6.45, 7) is 2.86. The summed E-state index contributed by atoms with van der Waals surface area (Å²) in [5, 5.41) is 4.77. The highest BCUT2D eigenvalue weighted by molar-refractivity contribution is 5.93. The van der Waals surface area contributed by atoms with Gasteiger partial charge in [-0.1, -0.05) is 24.3 Å². The summed E-state index contributed by atoms with van der Waals surface area (Å²) in [4.78, 5) is 25.6. The fraction of sp³-hybridized carbons (Fsp3) is 0.154. The molecule has 0 spiro atoms. The Morgan fingerprint density at radius 3 is 2.42 bits per heavy atom. The van der Waals surface area contributed by atoms with Crippen LogP contribution < -0.4 is 4.90 Å². The molecule has 4 aromatic rings. The number of rotatable bonds is 5. The van der Waals surface area contributed by atoms with Gasteiger partial charge in [0.2, 0.25) is 5.91 Å². The molecule has 7 heteroatoms. The van der Waals surface area contributed by atoms with Crippen molar-refractivity contribution in [2.75, 3.05) is 31.1 Å². The Morgan fingerprint density at radius 1 is 0.879 bits per heavy atom. The number of piperazine rings is 1. The molecule has 1 aromatic carbocycles. The highest BCUT2D eigenvalue weighted by Crippen LogP contribution is 2.24. The third-order valence-corrected chi connectivity index (χ3v) is 5.67. The molecule has 33 heavy (non-hydrogen) atoms. The van der Waals surface area contributed by atoms with Crippen LogP contribution in [0.25, 0.3) is 23.0 Å². The van der Waals surface area contributed by atoms with Crippen molar-refractivity contribution in [1.82, 2.24) is 24.6 Å². The Balaban J connectivity index is 1.33. The lowest BCUT2D eigenvalue weighted by Gasteiger charge is -2.34. The van der Waals surface area contributed by atoms with E-state index in [9.17, 15) is 4.79 Å². The first kappa shape index (κ1) is 20.6. The zero-order valence-corrected chi connectivity index (χ0v) is 18.2. The lowest BCUT2D eigenvalue weighted by atomic mass is 10.1. The van der Waals surface area contributed by atoms with Gasteiger partial charge in [-0.15, -0.1) is 0 Å². The van der Waals surface area contributed by atoms with Crippen molar-refractivity contribution in [3.63, 3.8) is 0 Å². The van der Waals surface area contributed by atoms with Gasteiger partial charge in [-0.25, -0.2) is 9.67 Å². The molecule has 1 aliphatic heterocycles. The smallest absolute Gasteiger partial charge is 0.246 e. The molecule has 0 N–H and O–H groups in total. The van der Waals surface area contributed by atoms with E-state index in [2.05, 4.69) is 14.9 Å². The van der Waals surface area contributed by atoms with Gasteiger partial charge in [0.15, 0.2) is 0 Å². The van der Waals surface area contributed by atoms with Crippen molar-refractivity contribution in [2.24, 2.45) is 0 Å². The summed E-state index contributed by atoms with van der Waals surface area (Å²) in [5.74, 6) is 0.954. The molecule has 4 heterocycles. The van der Waals surface area contributed by atoms with Gasteiger partial charge in [0.05, 0.1) is 5.69 Å². The summed E-state index contributed by atoms with van der Waals surface area (Å²) in [7, 11) is 0. The number of hydrogen-bond acceptors (Lipinski definition) is 5. The highest BCUT2D eigenvalue weighted by atomic mass is 16.2. The van der Waals surface area contributed by atoms with E-state index in [4.69, 9.17) is 5.10 Å². The molecule has 0 aliphatic carbocycles. The monoisotopic (exact) mass is 436 g/mol. The minimum Gasteiger partial charge on any atom is -0.353 e. The molecule has 7 nitrogen and oxygen atoms in total. The van der Waals surface area contributed by atoms with E-state index in [0.29, 0.717) is 13.1 Å². The number of amides is 1. The van der Waals surface area contributed by atoms with Crippen LogP contribution in [0, 0.1) is 0 Å².